The van der Waals surface area contributed by atoms with Crippen LogP contribution in [0.3, 0.4) is 0 Å². The second-order valence-corrected chi connectivity index (χ2v) is 8.46. The molecule has 1 N–H and O–H groups in total. The van der Waals surface area contributed by atoms with Crippen molar-refractivity contribution in [2.24, 2.45) is 0 Å². The second kappa shape index (κ2) is 10.8. The highest BCUT2D eigenvalue weighted by molar-refractivity contribution is 6.42. The number of aromatic nitrogens is 2. The van der Waals surface area contributed by atoms with Gasteiger partial charge in [-0.05, 0) is 44.0 Å². The molecule has 0 amide bonds. The first-order valence-electron chi connectivity index (χ1n) is 10.6. The van der Waals surface area contributed by atoms with Gasteiger partial charge in [-0.15, -0.1) is 0 Å². The van der Waals surface area contributed by atoms with E-state index in [-0.39, 0.29) is 6.10 Å². The fourth-order valence-electron chi connectivity index (χ4n) is 3.71. The normalized spacial score (nSPS) is 15.0. The standard InChI is InChI=1S/C24H26Cl2N4O/c25-21-8-7-20(17-22(21)26)31-19-10-15-30(16-11-19)14-4-12-27-24-28-13-9-23(29-24)18-5-2-1-3-6-18/h1-3,5-9,13,17,19H,4,10-12,14-16H2,(H,27,28,29). The highest BCUT2D eigenvalue weighted by atomic mass is 35.5. The number of halogens is 2. The van der Waals surface area contributed by atoms with Crippen molar-refractivity contribution in [1.82, 2.24) is 14.9 Å². The summed E-state index contributed by atoms with van der Waals surface area (Å²) in [6.07, 6.45) is 5.08. The number of piperidine rings is 1. The smallest absolute Gasteiger partial charge is 0.223 e. The van der Waals surface area contributed by atoms with Crippen molar-refractivity contribution >= 4 is 29.2 Å². The van der Waals surface area contributed by atoms with Gasteiger partial charge in [0.05, 0.1) is 15.7 Å². The molecule has 162 valence electrons. The first-order chi connectivity index (χ1) is 15.2. The van der Waals surface area contributed by atoms with Crippen LogP contribution in [0.2, 0.25) is 10.0 Å². The Morgan fingerprint density at radius 1 is 1.00 bits per heavy atom. The molecule has 5 nitrogen and oxygen atoms in total. The molecule has 0 unspecified atom stereocenters. The summed E-state index contributed by atoms with van der Waals surface area (Å²) in [5.74, 6) is 1.46. The Balaban J connectivity index is 1.17. The Hall–Kier alpha value is -2.34. The summed E-state index contributed by atoms with van der Waals surface area (Å²) in [6, 6.07) is 17.5. The fourth-order valence-corrected chi connectivity index (χ4v) is 4.00. The summed E-state index contributed by atoms with van der Waals surface area (Å²) in [6.45, 7) is 3.96. The van der Waals surface area contributed by atoms with Gasteiger partial charge in [-0.1, -0.05) is 53.5 Å². The van der Waals surface area contributed by atoms with Crippen LogP contribution in [-0.4, -0.2) is 47.2 Å². The monoisotopic (exact) mass is 456 g/mol. The lowest BCUT2D eigenvalue weighted by atomic mass is 10.1. The van der Waals surface area contributed by atoms with Gasteiger partial charge >= 0.3 is 0 Å². The maximum absolute atomic E-state index is 6.07. The van der Waals surface area contributed by atoms with E-state index in [2.05, 4.69) is 32.3 Å². The number of likely N-dealkylation sites (tertiary alicyclic amines) is 1. The van der Waals surface area contributed by atoms with Crippen LogP contribution in [0.4, 0.5) is 5.95 Å². The van der Waals surface area contributed by atoms with Gasteiger partial charge in [-0.25, -0.2) is 9.97 Å². The van der Waals surface area contributed by atoms with Gasteiger partial charge in [0.25, 0.3) is 0 Å². The first-order valence-corrected chi connectivity index (χ1v) is 11.4. The van der Waals surface area contributed by atoms with Gasteiger partial charge in [0, 0.05) is 37.5 Å². The molecular weight excluding hydrogens is 431 g/mol. The lowest BCUT2D eigenvalue weighted by Crippen LogP contribution is -2.39. The highest BCUT2D eigenvalue weighted by Crippen LogP contribution is 2.28. The molecule has 31 heavy (non-hydrogen) atoms. The maximum atomic E-state index is 6.07. The summed E-state index contributed by atoms with van der Waals surface area (Å²) < 4.78 is 6.07. The zero-order valence-corrected chi connectivity index (χ0v) is 18.8. The molecule has 0 aliphatic carbocycles. The van der Waals surface area contributed by atoms with Crippen LogP contribution in [0.15, 0.2) is 60.8 Å². The molecule has 2 heterocycles. The summed E-state index contributed by atoms with van der Waals surface area (Å²) in [4.78, 5) is 11.4. The molecule has 1 aliphatic heterocycles. The van der Waals surface area contributed by atoms with E-state index in [1.54, 1.807) is 18.3 Å². The summed E-state index contributed by atoms with van der Waals surface area (Å²) in [5.41, 5.74) is 2.03. The van der Waals surface area contributed by atoms with Gasteiger partial charge in [-0.3, -0.25) is 0 Å². The fraction of sp³-hybridized carbons (Fsp3) is 0.333. The summed E-state index contributed by atoms with van der Waals surface area (Å²) in [5, 5.41) is 4.43. The van der Waals surface area contributed by atoms with Gasteiger partial charge in [0.15, 0.2) is 0 Å². The van der Waals surface area contributed by atoms with Crippen LogP contribution in [0.25, 0.3) is 11.3 Å². The Labute approximate surface area is 193 Å². The lowest BCUT2D eigenvalue weighted by Gasteiger charge is -2.32. The van der Waals surface area contributed by atoms with Crippen molar-refractivity contribution in [2.45, 2.75) is 25.4 Å². The third-order valence-corrected chi connectivity index (χ3v) is 6.13. The zero-order chi connectivity index (χ0) is 21.5. The molecule has 0 atom stereocenters. The van der Waals surface area contributed by atoms with Gasteiger partial charge < -0.3 is 15.0 Å². The molecule has 0 spiro atoms. The topological polar surface area (TPSA) is 50.3 Å². The minimum absolute atomic E-state index is 0.223. The van der Waals surface area contributed by atoms with Crippen molar-refractivity contribution in [1.29, 1.82) is 0 Å². The number of ether oxygens (including phenoxy) is 1. The summed E-state index contributed by atoms with van der Waals surface area (Å²) in [7, 11) is 0. The third-order valence-electron chi connectivity index (χ3n) is 5.39. The van der Waals surface area contributed by atoms with E-state index < -0.39 is 0 Å². The summed E-state index contributed by atoms with van der Waals surface area (Å²) >= 11 is 12.0. The number of hydrogen-bond donors (Lipinski definition) is 1. The minimum Gasteiger partial charge on any atom is -0.490 e. The van der Waals surface area contributed by atoms with Crippen molar-refractivity contribution in [3.8, 4) is 17.0 Å². The highest BCUT2D eigenvalue weighted by Gasteiger charge is 2.20. The Morgan fingerprint density at radius 3 is 2.58 bits per heavy atom. The molecule has 2 aromatic carbocycles. The molecule has 1 saturated heterocycles. The average Bonchev–Trinajstić information content (AvgIpc) is 2.81. The molecular formula is C24H26Cl2N4O. The van der Waals surface area contributed by atoms with Crippen LogP contribution in [0, 0.1) is 0 Å². The minimum atomic E-state index is 0.223. The molecule has 1 aliphatic rings. The zero-order valence-electron chi connectivity index (χ0n) is 17.3. The largest absolute Gasteiger partial charge is 0.490 e. The molecule has 0 saturated carbocycles. The Kier molecular flexibility index (Phi) is 7.62. The molecule has 1 aromatic heterocycles. The quantitative estimate of drug-likeness (QED) is 0.434. The van der Waals surface area contributed by atoms with E-state index >= 15 is 0 Å². The Morgan fingerprint density at radius 2 is 1.81 bits per heavy atom. The number of benzene rings is 2. The van der Waals surface area contributed by atoms with E-state index in [0.717, 1.165) is 62.4 Å². The van der Waals surface area contributed by atoms with Gasteiger partial charge in [-0.2, -0.15) is 0 Å². The third kappa shape index (κ3) is 6.33. The van der Waals surface area contributed by atoms with Crippen molar-refractivity contribution in [3.63, 3.8) is 0 Å². The Bertz CT molecular complexity index is 978. The number of anilines is 1. The predicted molar refractivity (Wildman–Crippen MR) is 127 cm³/mol. The first kappa shape index (κ1) is 21.9. The van der Waals surface area contributed by atoms with E-state index in [9.17, 15) is 0 Å². The number of rotatable bonds is 8. The predicted octanol–water partition coefficient (Wildman–Crippen LogP) is 5.80. The van der Waals surface area contributed by atoms with Crippen molar-refractivity contribution < 1.29 is 4.74 Å². The van der Waals surface area contributed by atoms with Crippen LogP contribution in [-0.2, 0) is 0 Å². The molecule has 0 radical (unpaired) electrons. The number of nitrogens with one attached hydrogen (secondary N) is 1. The molecule has 4 rings (SSSR count). The van der Waals surface area contributed by atoms with Crippen molar-refractivity contribution in [3.05, 3.63) is 70.8 Å². The SMILES string of the molecule is Clc1ccc(OC2CCN(CCCNc3nccc(-c4ccccc4)n3)CC2)cc1Cl. The number of nitrogens with zero attached hydrogens (tertiary/aromatic N) is 3. The van der Waals surface area contributed by atoms with Crippen LogP contribution in [0.1, 0.15) is 19.3 Å². The van der Waals surface area contributed by atoms with Gasteiger partial charge in [0.2, 0.25) is 5.95 Å². The van der Waals surface area contributed by atoms with Gasteiger partial charge in [0.1, 0.15) is 11.9 Å². The van der Waals surface area contributed by atoms with Crippen LogP contribution < -0.4 is 10.1 Å². The van der Waals surface area contributed by atoms with Crippen LogP contribution in [0.5, 0.6) is 5.75 Å². The lowest BCUT2D eigenvalue weighted by molar-refractivity contribution is 0.100. The van der Waals surface area contributed by atoms with E-state index in [1.807, 2.05) is 30.3 Å². The van der Waals surface area contributed by atoms with Crippen LogP contribution >= 0.6 is 23.2 Å². The molecule has 0 bridgehead atoms. The molecule has 3 aromatic rings. The number of hydrogen-bond acceptors (Lipinski definition) is 5. The molecule has 1 fully saturated rings. The maximum Gasteiger partial charge on any atom is 0.223 e. The van der Waals surface area contributed by atoms with E-state index in [0.29, 0.717) is 16.0 Å². The van der Waals surface area contributed by atoms with E-state index in [4.69, 9.17) is 27.9 Å². The average molecular weight is 457 g/mol. The van der Waals surface area contributed by atoms with Crippen molar-refractivity contribution in [2.75, 3.05) is 31.5 Å². The second-order valence-electron chi connectivity index (χ2n) is 7.65. The molecule has 7 heteroatoms. The van der Waals surface area contributed by atoms with E-state index in [1.165, 1.54) is 0 Å².